The number of likely N-dealkylation sites (tertiary alicyclic amines) is 1. The molecule has 0 N–H and O–H groups in total. The summed E-state index contributed by atoms with van der Waals surface area (Å²) < 4.78 is 0. The van der Waals surface area contributed by atoms with Crippen LogP contribution in [0.2, 0.25) is 0 Å². The molecule has 0 saturated carbocycles. The Hall–Kier alpha value is -0.690. The van der Waals surface area contributed by atoms with Gasteiger partial charge in [-0.05, 0) is 26.0 Å². The summed E-state index contributed by atoms with van der Waals surface area (Å²) in [5.41, 5.74) is -0.212. The molecule has 0 aliphatic carbocycles. The fraction of sp³-hybridized carbons (Fsp3) is 0.818. The van der Waals surface area contributed by atoms with Crippen LogP contribution in [0.25, 0.3) is 0 Å². The maximum Gasteiger partial charge on any atom is 0.223 e. The number of piperidine rings is 1. The molecule has 0 radical (unpaired) electrons. The third-order valence-corrected chi connectivity index (χ3v) is 3.62. The molecule has 1 aliphatic heterocycles. The Morgan fingerprint density at radius 3 is 2.60 bits per heavy atom. The van der Waals surface area contributed by atoms with Gasteiger partial charge in [-0.25, -0.2) is 0 Å². The van der Waals surface area contributed by atoms with Crippen LogP contribution in [0.4, 0.5) is 0 Å². The molecule has 1 heterocycles. The predicted octanol–water partition coefficient (Wildman–Crippen LogP) is 1.89. The van der Waals surface area contributed by atoms with E-state index in [0.717, 1.165) is 31.7 Å². The Morgan fingerprint density at radius 1 is 1.53 bits per heavy atom. The average molecular weight is 226 g/mol. The standard InChI is InChI=1S/C11H18N2OS/c1-11(9-12)4-6-13(7-5-11)10(14)3-8-15-2/h3-8H2,1-2H3. The first-order valence-corrected chi connectivity index (χ1v) is 6.69. The highest BCUT2D eigenvalue weighted by Gasteiger charge is 2.31. The van der Waals surface area contributed by atoms with E-state index < -0.39 is 0 Å². The van der Waals surface area contributed by atoms with Gasteiger partial charge >= 0.3 is 0 Å². The van der Waals surface area contributed by atoms with Gasteiger partial charge < -0.3 is 4.90 Å². The molecule has 0 unspecified atom stereocenters. The minimum absolute atomic E-state index is 0.212. The maximum atomic E-state index is 11.7. The molecule has 0 spiro atoms. The minimum Gasteiger partial charge on any atom is -0.343 e. The van der Waals surface area contributed by atoms with Crippen LogP contribution in [-0.4, -0.2) is 35.9 Å². The Labute approximate surface area is 95.8 Å². The Balaban J connectivity index is 2.38. The van der Waals surface area contributed by atoms with Gasteiger partial charge in [0.25, 0.3) is 0 Å². The molecular formula is C11H18N2OS. The molecule has 1 fully saturated rings. The lowest BCUT2D eigenvalue weighted by Crippen LogP contribution is -2.41. The van der Waals surface area contributed by atoms with E-state index in [9.17, 15) is 4.79 Å². The highest BCUT2D eigenvalue weighted by molar-refractivity contribution is 7.98. The number of thioether (sulfide) groups is 1. The third-order valence-electron chi connectivity index (χ3n) is 3.01. The second-order valence-electron chi connectivity index (χ2n) is 4.30. The first-order chi connectivity index (χ1) is 7.11. The van der Waals surface area contributed by atoms with Gasteiger partial charge in [-0.3, -0.25) is 4.79 Å². The second kappa shape index (κ2) is 5.41. The summed E-state index contributed by atoms with van der Waals surface area (Å²) in [4.78, 5) is 13.6. The number of carbonyl (C=O) groups is 1. The van der Waals surface area contributed by atoms with E-state index in [1.165, 1.54) is 0 Å². The molecule has 3 nitrogen and oxygen atoms in total. The number of nitriles is 1. The van der Waals surface area contributed by atoms with Gasteiger partial charge in [0.15, 0.2) is 0 Å². The van der Waals surface area contributed by atoms with Crippen molar-refractivity contribution in [1.29, 1.82) is 5.26 Å². The molecule has 15 heavy (non-hydrogen) atoms. The first-order valence-electron chi connectivity index (χ1n) is 5.29. The number of amides is 1. The lowest BCUT2D eigenvalue weighted by molar-refractivity contribution is -0.132. The molecule has 0 aromatic rings. The fourth-order valence-corrected chi connectivity index (χ4v) is 2.09. The van der Waals surface area contributed by atoms with E-state index in [-0.39, 0.29) is 11.3 Å². The van der Waals surface area contributed by atoms with Crippen LogP contribution in [0, 0.1) is 16.7 Å². The largest absolute Gasteiger partial charge is 0.343 e. The van der Waals surface area contributed by atoms with Crippen molar-refractivity contribution in [1.82, 2.24) is 4.90 Å². The summed E-state index contributed by atoms with van der Waals surface area (Å²) in [6, 6.07) is 2.34. The van der Waals surface area contributed by atoms with Crippen LogP contribution >= 0.6 is 11.8 Å². The number of rotatable bonds is 3. The summed E-state index contributed by atoms with van der Waals surface area (Å²) in [6.45, 7) is 3.48. The van der Waals surface area contributed by atoms with Crippen molar-refractivity contribution < 1.29 is 4.79 Å². The molecule has 0 bridgehead atoms. The third kappa shape index (κ3) is 3.42. The number of nitrogens with zero attached hydrogens (tertiary/aromatic N) is 2. The van der Waals surface area contributed by atoms with E-state index in [2.05, 4.69) is 6.07 Å². The summed E-state index contributed by atoms with van der Waals surface area (Å²) in [5, 5.41) is 8.96. The average Bonchev–Trinajstić information content (AvgIpc) is 2.27. The molecule has 0 aromatic heterocycles. The van der Waals surface area contributed by atoms with Gasteiger partial charge in [-0.2, -0.15) is 17.0 Å². The molecule has 1 amide bonds. The van der Waals surface area contributed by atoms with E-state index in [1.54, 1.807) is 11.8 Å². The van der Waals surface area contributed by atoms with Crippen molar-refractivity contribution in [3.63, 3.8) is 0 Å². The maximum absolute atomic E-state index is 11.7. The highest BCUT2D eigenvalue weighted by atomic mass is 32.2. The summed E-state index contributed by atoms with van der Waals surface area (Å²) in [5.74, 6) is 1.13. The van der Waals surface area contributed by atoms with Crippen LogP contribution in [-0.2, 0) is 4.79 Å². The van der Waals surface area contributed by atoms with E-state index in [0.29, 0.717) is 6.42 Å². The number of hydrogen-bond donors (Lipinski definition) is 0. The Kier molecular flexibility index (Phi) is 4.46. The highest BCUT2D eigenvalue weighted by Crippen LogP contribution is 2.29. The Bertz CT molecular complexity index is 264. The number of hydrogen-bond acceptors (Lipinski definition) is 3. The molecule has 1 saturated heterocycles. The van der Waals surface area contributed by atoms with Gasteiger partial charge in [0, 0.05) is 25.3 Å². The van der Waals surface area contributed by atoms with Gasteiger partial charge in [-0.1, -0.05) is 0 Å². The molecule has 84 valence electrons. The minimum atomic E-state index is -0.212. The summed E-state index contributed by atoms with van der Waals surface area (Å²) in [6.07, 6.45) is 4.27. The molecule has 0 atom stereocenters. The van der Waals surface area contributed by atoms with Crippen molar-refractivity contribution in [3.8, 4) is 6.07 Å². The quantitative estimate of drug-likeness (QED) is 0.738. The zero-order valence-electron chi connectivity index (χ0n) is 9.45. The fourth-order valence-electron chi connectivity index (χ4n) is 1.71. The zero-order valence-corrected chi connectivity index (χ0v) is 10.3. The molecular weight excluding hydrogens is 208 g/mol. The SMILES string of the molecule is CSCCC(=O)N1CCC(C)(C#N)CC1. The normalized spacial score (nSPS) is 19.7. The summed E-state index contributed by atoms with van der Waals surface area (Å²) >= 11 is 1.70. The van der Waals surface area contributed by atoms with Crippen molar-refractivity contribution in [3.05, 3.63) is 0 Å². The zero-order chi connectivity index (χ0) is 11.3. The van der Waals surface area contributed by atoms with Gasteiger partial charge in [0.2, 0.25) is 5.91 Å². The van der Waals surface area contributed by atoms with Gasteiger partial charge in [0.1, 0.15) is 0 Å². The molecule has 4 heteroatoms. The molecule has 1 rings (SSSR count). The van der Waals surface area contributed by atoms with E-state index >= 15 is 0 Å². The smallest absolute Gasteiger partial charge is 0.223 e. The van der Waals surface area contributed by atoms with E-state index in [4.69, 9.17) is 5.26 Å². The summed E-state index contributed by atoms with van der Waals surface area (Å²) in [7, 11) is 0. The monoisotopic (exact) mass is 226 g/mol. The van der Waals surface area contributed by atoms with E-state index in [1.807, 2.05) is 18.1 Å². The second-order valence-corrected chi connectivity index (χ2v) is 5.28. The van der Waals surface area contributed by atoms with Crippen molar-refractivity contribution >= 4 is 17.7 Å². The molecule has 1 aliphatic rings. The lowest BCUT2D eigenvalue weighted by atomic mass is 9.82. The lowest BCUT2D eigenvalue weighted by Gasteiger charge is -2.34. The van der Waals surface area contributed by atoms with Crippen LogP contribution < -0.4 is 0 Å². The first kappa shape index (κ1) is 12.4. The van der Waals surface area contributed by atoms with Gasteiger partial charge in [-0.15, -0.1) is 0 Å². The molecule has 0 aromatic carbocycles. The Morgan fingerprint density at radius 2 is 2.13 bits per heavy atom. The number of carbonyl (C=O) groups excluding carboxylic acids is 1. The van der Waals surface area contributed by atoms with Crippen molar-refractivity contribution in [2.75, 3.05) is 25.1 Å². The van der Waals surface area contributed by atoms with Crippen LogP contribution in [0.5, 0.6) is 0 Å². The topological polar surface area (TPSA) is 44.1 Å². The van der Waals surface area contributed by atoms with Gasteiger partial charge in [0.05, 0.1) is 11.5 Å². The van der Waals surface area contributed by atoms with Crippen LogP contribution in [0.15, 0.2) is 0 Å². The van der Waals surface area contributed by atoms with Crippen LogP contribution in [0.1, 0.15) is 26.2 Å². The van der Waals surface area contributed by atoms with Crippen LogP contribution in [0.3, 0.4) is 0 Å². The van der Waals surface area contributed by atoms with Crippen molar-refractivity contribution in [2.24, 2.45) is 5.41 Å². The van der Waals surface area contributed by atoms with Crippen molar-refractivity contribution in [2.45, 2.75) is 26.2 Å². The predicted molar refractivity (Wildman–Crippen MR) is 62.5 cm³/mol.